The molecule has 57 heavy (non-hydrogen) atoms. The maximum absolute atomic E-state index is 13.7. The number of aliphatic hydroxyl groups is 2. The number of rotatable bonds is 16. The van der Waals surface area contributed by atoms with Crippen LogP contribution in [-0.4, -0.2) is 51.8 Å². The van der Waals surface area contributed by atoms with Crippen molar-refractivity contribution >= 4 is 24.2 Å². The lowest BCUT2D eigenvalue weighted by atomic mass is 9.84. The summed E-state index contributed by atoms with van der Waals surface area (Å²) in [4.78, 5) is 39.1. The molecule has 3 atom stereocenters. The zero-order chi connectivity index (χ0) is 40.2. The van der Waals surface area contributed by atoms with E-state index in [4.69, 9.17) is 4.98 Å². The lowest BCUT2D eigenvalue weighted by Crippen LogP contribution is -2.43. The molecule has 2 amide bonds. The normalized spacial score (nSPS) is 17.1. The van der Waals surface area contributed by atoms with Gasteiger partial charge in [0.15, 0.2) is 0 Å². The van der Waals surface area contributed by atoms with Crippen LogP contribution in [-0.2, 0) is 9.59 Å². The molecule has 2 fully saturated rings. The predicted octanol–water partition coefficient (Wildman–Crippen LogP) is 7.68. The van der Waals surface area contributed by atoms with Gasteiger partial charge in [0.1, 0.15) is 5.82 Å². The van der Waals surface area contributed by atoms with Gasteiger partial charge in [-0.05, 0) is 65.6 Å². The van der Waals surface area contributed by atoms with Crippen LogP contribution in [0.4, 0.5) is 0 Å². The summed E-state index contributed by atoms with van der Waals surface area (Å²) in [5.41, 5.74) is 5.08. The largest absolute Gasteiger partial charge is 0.387 e. The Morgan fingerprint density at radius 1 is 0.772 bits per heavy atom. The summed E-state index contributed by atoms with van der Waals surface area (Å²) >= 11 is 0. The second-order valence-corrected chi connectivity index (χ2v) is 16.4. The van der Waals surface area contributed by atoms with Gasteiger partial charge in [-0.3, -0.25) is 14.6 Å². The van der Waals surface area contributed by atoms with Crippen LogP contribution in [0.25, 0.3) is 28.1 Å². The first kappa shape index (κ1) is 39.4. The zero-order valence-corrected chi connectivity index (χ0v) is 32.8. The maximum atomic E-state index is 13.7. The summed E-state index contributed by atoms with van der Waals surface area (Å²) < 4.78 is 0. The van der Waals surface area contributed by atoms with Gasteiger partial charge in [0.05, 0.1) is 46.7 Å². The van der Waals surface area contributed by atoms with E-state index in [0.29, 0.717) is 50.3 Å². The Morgan fingerprint density at radius 2 is 1.28 bits per heavy atom. The molecule has 1 heterocycles. The smallest absolute Gasteiger partial charge is 0.229 e. The number of nitrogens with one attached hydrogen (secondary N) is 4. The molecular formula is C47H52N6O4. The maximum Gasteiger partial charge on any atom is 0.229 e. The van der Waals surface area contributed by atoms with Crippen molar-refractivity contribution in [3.63, 3.8) is 0 Å². The van der Waals surface area contributed by atoms with Crippen LogP contribution in [0.1, 0.15) is 87.2 Å². The minimum Gasteiger partial charge on any atom is -0.387 e. The van der Waals surface area contributed by atoms with E-state index in [1.54, 1.807) is 12.4 Å². The Bertz CT molecular complexity index is 2200. The molecule has 10 nitrogen and oxygen atoms in total. The Kier molecular flexibility index (Phi) is 11.3. The molecule has 0 spiro atoms. The van der Waals surface area contributed by atoms with E-state index < -0.39 is 29.1 Å². The van der Waals surface area contributed by atoms with Gasteiger partial charge >= 0.3 is 0 Å². The molecule has 7 rings (SSSR count). The van der Waals surface area contributed by atoms with E-state index in [2.05, 4.69) is 65.5 Å². The summed E-state index contributed by atoms with van der Waals surface area (Å²) in [5, 5.41) is 31.5. The van der Waals surface area contributed by atoms with Crippen LogP contribution >= 0.6 is 0 Å². The van der Waals surface area contributed by atoms with Gasteiger partial charge in [-0.25, -0.2) is 4.98 Å². The van der Waals surface area contributed by atoms with E-state index in [1.165, 1.54) is 0 Å². The average molecular weight is 765 g/mol. The van der Waals surface area contributed by atoms with Gasteiger partial charge < -0.3 is 31.1 Å². The van der Waals surface area contributed by atoms with E-state index in [9.17, 15) is 19.8 Å². The predicted molar refractivity (Wildman–Crippen MR) is 224 cm³/mol. The van der Waals surface area contributed by atoms with Gasteiger partial charge in [0, 0.05) is 24.9 Å². The fraction of sp³-hybridized carbons (Fsp3) is 0.319. The SMILES string of the molecule is C=N/C(=C\NCCNC(=O)C1(C(O)c2ccccc2)CC1)c1ccc(-c2ccc(-c3cnc(C(NC(=O)C4(C(O)c5ccccc5)CC4)C(C)(C)C)[nH]3)cc2)cc1. The molecule has 0 bridgehead atoms. The van der Waals surface area contributed by atoms with E-state index in [-0.39, 0.29) is 17.2 Å². The first-order valence-electron chi connectivity index (χ1n) is 19.7. The van der Waals surface area contributed by atoms with Crippen LogP contribution in [0.5, 0.6) is 0 Å². The van der Waals surface area contributed by atoms with Crippen LogP contribution in [0, 0.1) is 16.2 Å². The van der Waals surface area contributed by atoms with Crippen molar-refractivity contribution < 1.29 is 19.8 Å². The van der Waals surface area contributed by atoms with Crippen LogP contribution < -0.4 is 16.0 Å². The quantitative estimate of drug-likeness (QED) is 0.0448. The molecule has 6 N–H and O–H groups in total. The summed E-state index contributed by atoms with van der Waals surface area (Å²) in [6.07, 6.45) is 4.52. The number of aliphatic hydroxyl groups excluding tert-OH is 2. The Morgan fingerprint density at radius 3 is 1.79 bits per heavy atom. The number of amides is 2. The Hall–Kier alpha value is -5.84. The summed E-state index contributed by atoms with van der Waals surface area (Å²) in [7, 11) is 0. The second-order valence-electron chi connectivity index (χ2n) is 16.4. The lowest BCUT2D eigenvalue weighted by Gasteiger charge is -2.32. The third-order valence-electron chi connectivity index (χ3n) is 11.4. The molecule has 2 aliphatic carbocycles. The molecule has 10 heteroatoms. The highest BCUT2D eigenvalue weighted by molar-refractivity contribution is 5.87. The topological polar surface area (TPSA) is 152 Å². The number of H-pyrrole nitrogens is 1. The standard InChI is InChI=1S/C47H52N6O4/c1-45(2,3)39(53-44(57)47(25-26-47)41(55)36-13-9-6-10-14-36)42-51-30-38(52-42)34-21-17-32(18-22-34)31-15-19-33(20-16-31)37(48-4)29-49-27-28-50-43(56)46(23-24-46)40(54)35-11-7-5-8-12-35/h5-22,29-30,39-41,49,54-55H,4,23-28H2,1-3H3,(H,50,56)(H,51,52)(H,53,57)/b37-29-. The molecule has 294 valence electrons. The zero-order valence-electron chi connectivity index (χ0n) is 32.8. The van der Waals surface area contributed by atoms with Crippen molar-refractivity contribution in [3.8, 4) is 22.4 Å². The Labute approximate surface area is 334 Å². The van der Waals surface area contributed by atoms with Crippen LogP contribution in [0.15, 0.2) is 127 Å². The summed E-state index contributed by atoms with van der Waals surface area (Å²) in [6.45, 7) is 10.9. The molecule has 0 aliphatic heterocycles. The van der Waals surface area contributed by atoms with Crippen molar-refractivity contribution in [3.05, 3.63) is 144 Å². The molecule has 4 aromatic carbocycles. The van der Waals surface area contributed by atoms with Crippen molar-refractivity contribution in [1.82, 2.24) is 25.9 Å². The molecule has 0 saturated heterocycles. The summed E-state index contributed by atoms with van der Waals surface area (Å²) in [6, 6.07) is 34.7. The first-order valence-corrected chi connectivity index (χ1v) is 19.7. The van der Waals surface area contributed by atoms with Gasteiger partial charge in [0.25, 0.3) is 0 Å². The molecular weight excluding hydrogens is 713 g/mol. The third kappa shape index (κ3) is 8.48. The molecule has 3 unspecified atom stereocenters. The van der Waals surface area contributed by atoms with Gasteiger partial charge in [-0.2, -0.15) is 0 Å². The van der Waals surface area contributed by atoms with Crippen LogP contribution in [0.3, 0.4) is 0 Å². The second kappa shape index (κ2) is 16.3. The van der Waals surface area contributed by atoms with E-state index in [1.807, 2.05) is 97.1 Å². The fourth-order valence-electron chi connectivity index (χ4n) is 7.52. The number of nitrogens with zero attached hydrogens (tertiary/aromatic N) is 2. The van der Waals surface area contributed by atoms with Crippen molar-refractivity contribution in [2.24, 2.45) is 21.2 Å². The van der Waals surface area contributed by atoms with Crippen molar-refractivity contribution in [2.75, 3.05) is 13.1 Å². The monoisotopic (exact) mass is 764 g/mol. The molecule has 5 aromatic rings. The number of carbonyl (C=O) groups excluding carboxylic acids is 2. The van der Waals surface area contributed by atoms with Gasteiger partial charge in [-0.1, -0.05) is 130 Å². The number of hydrogen-bond acceptors (Lipinski definition) is 7. The fourth-order valence-corrected chi connectivity index (χ4v) is 7.52. The highest BCUT2D eigenvalue weighted by Crippen LogP contribution is 2.56. The summed E-state index contributed by atoms with van der Waals surface area (Å²) in [5.74, 6) is 0.391. The molecule has 1 aromatic heterocycles. The number of aromatic nitrogens is 2. The highest BCUT2D eigenvalue weighted by Gasteiger charge is 2.57. The average Bonchev–Trinajstić information content (AvgIpc) is 4.17. The van der Waals surface area contributed by atoms with Crippen molar-refractivity contribution in [2.45, 2.75) is 64.7 Å². The lowest BCUT2D eigenvalue weighted by molar-refractivity contribution is -0.132. The first-order chi connectivity index (χ1) is 27.4. The van der Waals surface area contributed by atoms with Gasteiger partial charge in [0.2, 0.25) is 11.8 Å². The number of carbonyl (C=O) groups is 2. The van der Waals surface area contributed by atoms with E-state index in [0.717, 1.165) is 39.1 Å². The highest BCUT2D eigenvalue weighted by atomic mass is 16.3. The number of hydrogen-bond donors (Lipinski definition) is 6. The molecule has 2 saturated carbocycles. The van der Waals surface area contributed by atoms with Crippen molar-refractivity contribution in [1.29, 1.82) is 0 Å². The number of aromatic amines is 1. The Balaban J connectivity index is 0.938. The molecule has 0 radical (unpaired) electrons. The third-order valence-corrected chi connectivity index (χ3v) is 11.4. The number of benzene rings is 4. The number of imidazole rings is 1. The minimum absolute atomic E-state index is 0.122. The van der Waals surface area contributed by atoms with Crippen LogP contribution in [0.2, 0.25) is 0 Å². The molecule has 2 aliphatic rings. The minimum atomic E-state index is -0.865. The number of aliphatic imine (C=N–C) groups is 1. The van der Waals surface area contributed by atoms with E-state index >= 15 is 0 Å². The van der Waals surface area contributed by atoms with Gasteiger partial charge in [-0.15, -0.1) is 0 Å².